The number of hydrogen-bond acceptors (Lipinski definition) is 3. The number of carbonyl (C=O) groups excluding carboxylic acids is 1. The topological polar surface area (TPSA) is 66.8 Å². The van der Waals surface area contributed by atoms with E-state index in [1.807, 2.05) is 0 Å². The molecule has 90 valence electrons. The molecule has 1 heterocycles. The Kier molecular flexibility index (Phi) is 2.36. The lowest BCUT2D eigenvalue weighted by Crippen LogP contribution is -2.38. The molecule has 0 spiro atoms. The van der Waals surface area contributed by atoms with E-state index in [1.165, 1.54) is 0 Å². The highest BCUT2D eigenvalue weighted by atomic mass is 16.6. The molecule has 0 aromatic heterocycles. The molecule has 3 atom stereocenters. The van der Waals surface area contributed by atoms with Gasteiger partial charge in [0, 0.05) is 12.6 Å². The molecule has 0 unspecified atom stereocenters. The number of piperidine rings is 1. The average molecular weight is 227 g/mol. The first-order valence-corrected chi connectivity index (χ1v) is 5.52. The van der Waals surface area contributed by atoms with Crippen molar-refractivity contribution >= 4 is 12.1 Å². The zero-order chi connectivity index (χ0) is 12.1. The summed E-state index contributed by atoms with van der Waals surface area (Å²) in [5.41, 5.74) is -0.525. The van der Waals surface area contributed by atoms with E-state index in [2.05, 4.69) is 0 Å². The van der Waals surface area contributed by atoms with E-state index in [0.717, 1.165) is 6.42 Å². The lowest BCUT2D eigenvalue weighted by atomic mass is 10.1. The second kappa shape index (κ2) is 3.37. The second-order valence-corrected chi connectivity index (χ2v) is 5.54. The molecule has 1 amide bonds. The number of rotatable bonds is 1. The minimum atomic E-state index is -0.807. The molecule has 1 aliphatic carbocycles. The predicted octanol–water partition coefficient (Wildman–Crippen LogP) is 1.33. The Bertz CT molecular complexity index is 333. The van der Waals surface area contributed by atoms with E-state index in [9.17, 15) is 9.59 Å². The Labute approximate surface area is 94.4 Å². The van der Waals surface area contributed by atoms with Gasteiger partial charge in [-0.15, -0.1) is 0 Å². The first-order valence-electron chi connectivity index (χ1n) is 5.52. The van der Waals surface area contributed by atoms with Gasteiger partial charge in [0.1, 0.15) is 5.60 Å². The number of carbonyl (C=O) groups is 2. The third-order valence-electron chi connectivity index (χ3n) is 3.06. The van der Waals surface area contributed by atoms with Crippen LogP contribution in [-0.4, -0.2) is 40.3 Å². The SMILES string of the molecule is CC(C)(C)OC(=O)N1C[C@@H](C(=O)O)[C@@H]2C[C@@H]21. The highest BCUT2D eigenvalue weighted by Crippen LogP contribution is 2.48. The highest BCUT2D eigenvalue weighted by molar-refractivity contribution is 5.76. The Balaban J connectivity index is 1.98. The van der Waals surface area contributed by atoms with Gasteiger partial charge in [0.15, 0.2) is 0 Å². The molecule has 0 radical (unpaired) electrons. The van der Waals surface area contributed by atoms with Crippen molar-refractivity contribution in [2.45, 2.75) is 38.8 Å². The summed E-state index contributed by atoms with van der Waals surface area (Å²) in [4.78, 5) is 24.3. The van der Waals surface area contributed by atoms with Crippen molar-refractivity contribution < 1.29 is 19.4 Å². The van der Waals surface area contributed by atoms with Crippen molar-refractivity contribution in [2.24, 2.45) is 11.8 Å². The van der Waals surface area contributed by atoms with Crippen molar-refractivity contribution in [3.05, 3.63) is 0 Å². The predicted molar refractivity (Wildman–Crippen MR) is 56.0 cm³/mol. The third-order valence-corrected chi connectivity index (χ3v) is 3.06. The number of nitrogens with zero attached hydrogens (tertiary/aromatic N) is 1. The number of ether oxygens (including phenoxy) is 1. The van der Waals surface area contributed by atoms with Crippen LogP contribution in [0.25, 0.3) is 0 Å². The third kappa shape index (κ3) is 1.99. The minimum Gasteiger partial charge on any atom is -0.481 e. The lowest BCUT2D eigenvalue weighted by molar-refractivity contribution is -0.142. The summed E-state index contributed by atoms with van der Waals surface area (Å²) >= 11 is 0. The van der Waals surface area contributed by atoms with Crippen molar-refractivity contribution in [1.29, 1.82) is 0 Å². The normalized spacial score (nSPS) is 32.2. The fraction of sp³-hybridized carbons (Fsp3) is 0.818. The molecule has 2 fully saturated rings. The number of carboxylic acids is 1. The molecule has 0 bridgehead atoms. The van der Waals surface area contributed by atoms with Gasteiger partial charge in [-0.1, -0.05) is 0 Å². The van der Waals surface area contributed by atoms with Gasteiger partial charge in [-0.2, -0.15) is 0 Å². The summed E-state index contributed by atoms with van der Waals surface area (Å²) in [6.45, 7) is 5.71. The molecular weight excluding hydrogens is 210 g/mol. The zero-order valence-electron chi connectivity index (χ0n) is 9.77. The van der Waals surface area contributed by atoms with Crippen LogP contribution in [0.5, 0.6) is 0 Å². The van der Waals surface area contributed by atoms with Gasteiger partial charge in [-0.3, -0.25) is 4.79 Å². The van der Waals surface area contributed by atoms with Crippen LogP contribution in [-0.2, 0) is 9.53 Å². The summed E-state index contributed by atoms with van der Waals surface area (Å²) in [6, 6.07) is 0.0935. The molecule has 2 aliphatic rings. The van der Waals surface area contributed by atoms with Gasteiger partial charge >= 0.3 is 12.1 Å². The summed E-state index contributed by atoms with van der Waals surface area (Å²) in [5, 5.41) is 8.96. The van der Waals surface area contributed by atoms with E-state index in [1.54, 1.807) is 25.7 Å². The number of amides is 1. The summed E-state index contributed by atoms with van der Waals surface area (Å²) in [5.74, 6) is -1.07. The molecular formula is C11H17NO4. The van der Waals surface area contributed by atoms with Crippen molar-refractivity contribution in [1.82, 2.24) is 4.90 Å². The molecule has 1 N–H and O–H groups in total. The van der Waals surface area contributed by atoms with E-state index >= 15 is 0 Å². The van der Waals surface area contributed by atoms with Crippen LogP contribution in [0.4, 0.5) is 4.79 Å². The minimum absolute atomic E-state index is 0.0935. The molecule has 2 rings (SSSR count). The van der Waals surface area contributed by atoms with Crippen LogP contribution >= 0.6 is 0 Å². The van der Waals surface area contributed by atoms with Gasteiger partial charge in [-0.05, 0) is 33.1 Å². The summed E-state index contributed by atoms with van der Waals surface area (Å²) < 4.78 is 5.24. The monoisotopic (exact) mass is 227 g/mol. The van der Waals surface area contributed by atoms with Crippen molar-refractivity contribution in [3.8, 4) is 0 Å². The molecule has 5 heteroatoms. The number of aliphatic carboxylic acids is 1. The summed E-state index contributed by atoms with van der Waals surface area (Å²) in [6.07, 6.45) is 0.416. The fourth-order valence-electron chi connectivity index (χ4n) is 2.27. The molecule has 5 nitrogen and oxygen atoms in total. The van der Waals surface area contributed by atoms with E-state index < -0.39 is 17.5 Å². The van der Waals surface area contributed by atoms with Gasteiger partial charge in [0.05, 0.1) is 5.92 Å². The average Bonchev–Trinajstić information content (AvgIpc) is 2.76. The Morgan fingerprint density at radius 2 is 2.00 bits per heavy atom. The maximum atomic E-state index is 11.8. The van der Waals surface area contributed by atoms with Crippen molar-refractivity contribution in [2.75, 3.05) is 6.54 Å². The zero-order valence-corrected chi connectivity index (χ0v) is 9.77. The standard InChI is InChI=1S/C11H17NO4/c1-11(2,3)16-10(15)12-5-7(9(13)14)6-4-8(6)12/h6-8H,4-5H2,1-3H3,(H,13,14)/t6-,7+,8-/m0/s1. The lowest BCUT2D eigenvalue weighted by Gasteiger charge is -2.25. The molecule has 1 saturated heterocycles. The quantitative estimate of drug-likeness (QED) is 0.733. The first-order chi connectivity index (χ1) is 7.29. The summed E-state index contributed by atoms with van der Waals surface area (Å²) in [7, 11) is 0. The molecule has 1 aliphatic heterocycles. The maximum absolute atomic E-state index is 11.8. The molecule has 0 aromatic carbocycles. The van der Waals surface area contributed by atoms with Gasteiger partial charge in [0.25, 0.3) is 0 Å². The molecule has 0 aromatic rings. The van der Waals surface area contributed by atoms with E-state index in [-0.39, 0.29) is 18.1 Å². The smallest absolute Gasteiger partial charge is 0.410 e. The second-order valence-electron chi connectivity index (χ2n) is 5.54. The van der Waals surface area contributed by atoms with Crippen LogP contribution < -0.4 is 0 Å². The van der Waals surface area contributed by atoms with Crippen LogP contribution in [0.3, 0.4) is 0 Å². The number of carboxylic acid groups (broad SMARTS) is 1. The van der Waals surface area contributed by atoms with E-state index in [4.69, 9.17) is 9.84 Å². The van der Waals surface area contributed by atoms with Gasteiger partial charge < -0.3 is 14.7 Å². The van der Waals surface area contributed by atoms with Gasteiger partial charge in [-0.25, -0.2) is 4.79 Å². The van der Waals surface area contributed by atoms with Crippen LogP contribution in [0.2, 0.25) is 0 Å². The van der Waals surface area contributed by atoms with E-state index in [0.29, 0.717) is 6.54 Å². The Morgan fingerprint density at radius 1 is 1.38 bits per heavy atom. The fourth-order valence-corrected chi connectivity index (χ4v) is 2.27. The number of likely N-dealkylation sites (tertiary alicyclic amines) is 1. The Hall–Kier alpha value is -1.26. The largest absolute Gasteiger partial charge is 0.481 e. The first kappa shape index (κ1) is 11.2. The van der Waals surface area contributed by atoms with Gasteiger partial charge in [0.2, 0.25) is 0 Å². The Morgan fingerprint density at radius 3 is 2.44 bits per heavy atom. The molecule has 1 saturated carbocycles. The maximum Gasteiger partial charge on any atom is 0.410 e. The van der Waals surface area contributed by atoms with Crippen molar-refractivity contribution in [3.63, 3.8) is 0 Å². The number of hydrogen-bond donors (Lipinski definition) is 1. The molecule has 16 heavy (non-hydrogen) atoms. The highest BCUT2D eigenvalue weighted by Gasteiger charge is 2.58. The number of fused-ring (bicyclic) bond motifs is 1. The van der Waals surface area contributed by atoms with Crippen LogP contribution in [0.15, 0.2) is 0 Å². The van der Waals surface area contributed by atoms with Crippen LogP contribution in [0, 0.1) is 11.8 Å². The van der Waals surface area contributed by atoms with Crippen LogP contribution in [0.1, 0.15) is 27.2 Å².